The Labute approximate surface area is 147 Å². The van der Waals surface area contributed by atoms with Crippen molar-refractivity contribution in [2.45, 2.75) is 25.6 Å². The van der Waals surface area contributed by atoms with Gasteiger partial charge >= 0.3 is 6.36 Å². The molecule has 2 rings (SSSR count). The number of carbonyl (C=O) groups excluding carboxylic acids is 1. The van der Waals surface area contributed by atoms with Crippen molar-refractivity contribution in [2.24, 2.45) is 0 Å². The third kappa shape index (κ3) is 4.47. The first kappa shape index (κ1) is 19.2. The Morgan fingerprint density at radius 1 is 1.32 bits per heavy atom. The van der Waals surface area contributed by atoms with Crippen molar-refractivity contribution in [3.63, 3.8) is 0 Å². The molecule has 0 N–H and O–H groups in total. The van der Waals surface area contributed by atoms with Gasteiger partial charge in [0.1, 0.15) is 11.3 Å². The van der Waals surface area contributed by atoms with Crippen molar-refractivity contribution < 1.29 is 27.4 Å². The summed E-state index contributed by atoms with van der Waals surface area (Å²) in [6, 6.07) is 3.69. The van der Waals surface area contributed by atoms with E-state index in [2.05, 4.69) is 9.84 Å². The van der Waals surface area contributed by atoms with Gasteiger partial charge in [0, 0.05) is 17.9 Å². The maximum atomic E-state index is 12.8. The van der Waals surface area contributed by atoms with Crippen LogP contribution in [0.1, 0.15) is 28.4 Å². The first-order valence-corrected chi connectivity index (χ1v) is 8.72. The van der Waals surface area contributed by atoms with E-state index >= 15 is 0 Å². The molecule has 0 aliphatic heterocycles. The Hall–Kier alpha value is -2.16. The van der Waals surface area contributed by atoms with Gasteiger partial charge in [0.2, 0.25) is 5.88 Å². The van der Waals surface area contributed by atoms with Gasteiger partial charge in [-0.05, 0) is 36.9 Å². The molecule has 0 spiro atoms. The highest BCUT2D eigenvalue weighted by molar-refractivity contribution is 7.97. The highest BCUT2D eigenvalue weighted by Crippen LogP contribution is 2.29. The predicted molar refractivity (Wildman–Crippen MR) is 88.2 cm³/mol. The Morgan fingerprint density at radius 2 is 2.04 bits per heavy atom. The fourth-order valence-electron chi connectivity index (χ4n) is 2.38. The van der Waals surface area contributed by atoms with Crippen LogP contribution in [0.4, 0.5) is 13.2 Å². The summed E-state index contributed by atoms with van der Waals surface area (Å²) < 4.78 is 47.9. The molecule has 0 aliphatic rings. The average Bonchev–Trinajstić information content (AvgIpc) is 2.96. The van der Waals surface area contributed by atoms with Crippen molar-refractivity contribution in [1.82, 2.24) is 9.78 Å². The molecule has 2 aromatic rings. The Balaban J connectivity index is 2.43. The van der Waals surface area contributed by atoms with Crippen LogP contribution in [0.3, 0.4) is 0 Å². The highest BCUT2D eigenvalue weighted by Gasteiger charge is 2.31. The summed E-state index contributed by atoms with van der Waals surface area (Å²) in [6.45, 7) is 2.37. The van der Waals surface area contributed by atoms with Crippen molar-refractivity contribution in [3.8, 4) is 11.6 Å². The number of halogens is 3. The second-order valence-electron chi connectivity index (χ2n) is 5.01. The number of benzene rings is 1. The standard InChI is InChI=1S/C16H17F3N2O3S/c1-4-21-15(23-2)13(8-20-21)14(22)12-6-5-11(24-16(17,18)19)7-10(12)9-25-3/h5-8H,4,9H2,1-3H3. The number of carbonyl (C=O) groups is 1. The zero-order chi connectivity index (χ0) is 18.6. The number of aromatic nitrogens is 2. The zero-order valence-corrected chi connectivity index (χ0v) is 14.7. The second-order valence-corrected chi connectivity index (χ2v) is 5.88. The van der Waals surface area contributed by atoms with Crippen LogP contribution in [-0.2, 0) is 12.3 Å². The number of thioether (sulfide) groups is 1. The number of hydrogen-bond donors (Lipinski definition) is 0. The van der Waals surface area contributed by atoms with Crippen LogP contribution < -0.4 is 9.47 Å². The molecule has 0 saturated heterocycles. The van der Waals surface area contributed by atoms with Gasteiger partial charge in [-0.1, -0.05) is 0 Å². The quantitative estimate of drug-likeness (QED) is 0.688. The molecule has 0 radical (unpaired) electrons. The normalized spacial score (nSPS) is 11.4. The van der Waals surface area contributed by atoms with E-state index < -0.39 is 6.36 Å². The van der Waals surface area contributed by atoms with Gasteiger partial charge in [-0.3, -0.25) is 4.79 Å². The van der Waals surface area contributed by atoms with E-state index in [1.54, 1.807) is 6.26 Å². The van der Waals surface area contributed by atoms with Crippen LogP contribution >= 0.6 is 11.8 Å². The first-order valence-electron chi connectivity index (χ1n) is 7.32. The van der Waals surface area contributed by atoms with Crippen molar-refractivity contribution in [3.05, 3.63) is 41.1 Å². The lowest BCUT2D eigenvalue weighted by Crippen LogP contribution is -2.17. The molecule has 0 saturated carbocycles. The summed E-state index contributed by atoms with van der Waals surface area (Å²) >= 11 is 1.39. The number of hydrogen-bond acceptors (Lipinski definition) is 5. The maximum Gasteiger partial charge on any atom is 0.573 e. The maximum absolute atomic E-state index is 12.8. The minimum absolute atomic E-state index is 0.260. The lowest BCUT2D eigenvalue weighted by Gasteiger charge is -2.13. The molecule has 1 aromatic carbocycles. The second kappa shape index (κ2) is 7.81. The number of alkyl halides is 3. The van der Waals surface area contributed by atoms with Crippen LogP contribution in [0.5, 0.6) is 11.6 Å². The van der Waals surface area contributed by atoms with Crippen LogP contribution in [0.15, 0.2) is 24.4 Å². The third-order valence-electron chi connectivity index (χ3n) is 3.38. The van der Waals surface area contributed by atoms with Crippen LogP contribution in [0, 0.1) is 0 Å². The van der Waals surface area contributed by atoms with Gasteiger partial charge < -0.3 is 9.47 Å². The molecule has 0 atom stereocenters. The number of rotatable bonds is 7. The molecular weight excluding hydrogens is 357 g/mol. The predicted octanol–water partition coefficient (Wildman–Crippen LogP) is 3.90. The van der Waals surface area contributed by atoms with E-state index in [-0.39, 0.29) is 22.7 Å². The number of ketones is 1. The highest BCUT2D eigenvalue weighted by atomic mass is 32.2. The lowest BCUT2D eigenvalue weighted by molar-refractivity contribution is -0.274. The lowest BCUT2D eigenvalue weighted by atomic mass is 10.0. The molecule has 1 heterocycles. The first-order chi connectivity index (χ1) is 11.8. The van der Waals surface area contributed by atoms with Gasteiger partial charge in [0.15, 0.2) is 5.78 Å². The van der Waals surface area contributed by atoms with Crippen LogP contribution in [0.2, 0.25) is 0 Å². The molecule has 0 unspecified atom stereocenters. The summed E-state index contributed by atoms with van der Waals surface area (Å²) in [6.07, 6.45) is -1.59. The summed E-state index contributed by atoms with van der Waals surface area (Å²) in [5.41, 5.74) is 1.000. The molecule has 0 aliphatic carbocycles. The number of methoxy groups -OCH3 is 1. The number of aryl methyl sites for hydroxylation is 1. The molecule has 9 heteroatoms. The number of nitrogens with zero attached hydrogens (tertiary/aromatic N) is 2. The summed E-state index contributed by atoms with van der Waals surface area (Å²) in [5, 5.41) is 4.09. The summed E-state index contributed by atoms with van der Waals surface area (Å²) in [5.74, 6) is -0.0397. The minimum atomic E-state index is -4.78. The van der Waals surface area contributed by atoms with Crippen LogP contribution in [0.25, 0.3) is 0 Å². The molecule has 1 aromatic heterocycles. The number of ether oxygens (including phenoxy) is 2. The topological polar surface area (TPSA) is 53.4 Å². The van der Waals surface area contributed by atoms with Gasteiger partial charge in [-0.25, -0.2) is 4.68 Å². The smallest absolute Gasteiger partial charge is 0.481 e. The van der Waals surface area contributed by atoms with E-state index in [1.165, 1.54) is 41.9 Å². The third-order valence-corrected chi connectivity index (χ3v) is 3.98. The molecule has 0 amide bonds. The summed E-state index contributed by atoms with van der Waals surface area (Å²) in [4.78, 5) is 12.8. The van der Waals surface area contributed by atoms with Crippen molar-refractivity contribution >= 4 is 17.5 Å². The molecule has 0 fully saturated rings. The van der Waals surface area contributed by atoms with Gasteiger partial charge in [-0.15, -0.1) is 13.2 Å². The van der Waals surface area contributed by atoms with E-state index in [4.69, 9.17) is 4.74 Å². The largest absolute Gasteiger partial charge is 0.573 e. The fourth-order valence-corrected chi connectivity index (χ4v) is 2.93. The fraction of sp³-hybridized carbons (Fsp3) is 0.375. The van der Waals surface area contributed by atoms with Gasteiger partial charge in [0.05, 0.1) is 13.3 Å². The van der Waals surface area contributed by atoms with E-state index in [0.29, 0.717) is 23.7 Å². The van der Waals surface area contributed by atoms with Gasteiger partial charge in [0.25, 0.3) is 0 Å². The zero-order valence-electron chi connectivity index (χ0n) is 13.9. The van der Waals surface area contributed by atoms with Gasteiger partial charge in [-0.2, -0.15) is 16.9 Å². The monoisotopic (exact) mass is 374 g/mol. The molecule has 0 bridgehead atoms. The Bertz CT molecular complexity index is 760. The average molecular weight is 374 g/mol. The Morgan fingerprint density at radius 3 is 2.60 bits per heavy atom. The molecule has 25 heavy (non-hydrogen) atoms. The molecular formula is C16H17F3N2O3S. The van der Waals surface area contributed by atoms with Crippen LogP contribution in [-0.4, -0.2) is 35.3 Å². The van der Waals surface area contributed by atoms with E-state index in [0.717, 1.165) is 6.07 Å². The van der Waals surface area contributed by atoms with Crippen molar-refractivity contribution in [1.29, 1.82) is 0 Å². The Kier molecular flexibility index (Phi) is 5.99. The van der Waals surface area contributed by atoms with E-state index in [9.17, 15) is 18.0 Å². The molecule has 136 valence electrons. The van der Waals surface area contributed by atoms with Crippen molar-refractivity contribution in [2.75, 3.05) is 13.4 Å². The minimum Gasteiger partial charge on any atom is -0.481 e. The SMILES string of the molecule is CCn1ncc(C(=O)c2ccc(OC(F)(F)F)cc2CSC)c1OC. The summed E-state index contributed by atoms with van der Waals surface area (Å²) in [7, 11) is 1.43. The molecule has 5 nitrogen and oxygen atoms in total. The van der Waals surface area contributed by atoms with E-state index in [1.807, 2.05) is 6.92 Å².